The van der Waals surface area contributed by atoms with Gasteiger partial charge in [-0.05, 0) is 39.5 Å². The quantitative estimate of drug-likeness (QED) is 0.945. The standard InChI is InChI=1S/C14H16BrN3O/c1-2-18-14(12(15)6-17-18)13(16)9-3-4-10-7-19-8-11(10)5-9/h3-6,13H,2,7-8,16H2,1H3. The smallest absolute Gasteiger partial charge is 0.0738 e. The molecular weight excluding hydrogens is 306 g/mol. The zero-order chi connectivity index (χ0) is 13.4. The summed E-state index contributed by atoms with van der Waals surface area (Å²) in [6, 6.07) is 6.16. The second-order valence-corrected chi connectivity index (χ2v) is 5.55. The van der Waals surface area contributed by atoms with E-state index >= 15 is 0 Å². The number of ether oxygens (including phenoxy) is 1. The summed E-state index contributed by atoms with van der Waals surface area (Å²) in [4.78, 5) is 0. The molecule has 1 aromatic carbocycles. The molecule has 0 bridgehead atoms. The first-order valence-electron chi connectivity index (χ1n) is 6.37. The summed E-state index contributed by atoms with van der Waals surface area (Å²) in [6.07, 6.45) is 1.80. The lowest BCUT2D eigenvalue weighted by Crippen LogP contribution is -2.18. The van der Waals surface area contributed by atoms with Gasteiger partial charge in [0.25, 0.3) is 0 Å². The molecule has 1 unspecified atom stereocenters. The third-order valence-electron chi connectivity index (χ3n) is 3.53. The van der Waals surface area contributed by atoms with Gasteiger partial charge < -0.3 is 10.5 Å². The van der Waals surface area contributed by atoms with Gasteiger partial charge in [-0.1, -0.05) is 18.2 Å². The van der Waals surface area contributed by atoms with E-state index in [0.717, 1.165) is 22.3 Å². The number of aromatic nitrogens is 2. The van der Waals surface area contributed by atoms with Crippen molar-refractivity contribution in [3.8, 4) is 0 Å². The van der Waals surface area contributed by atoms with Gasteiger partial charge in [0, 0.05) is 6.54 Å². The van der Waals surface area contributed by atoms with Crippen molar-refractivity contribution in [2.45, 2.75) is 32.7 Å². The van der Waals surface area contributed by atoms with Crippen LogP contribution in [0.15, 0.2) is 28.9 Å². The monoisotopic (exact) mass is 321 g/mol. The first-order valence-corrected chi connectivity index (χ1v) is 7.16. The third-order valence-corrected chi connectivity index (χ3v) is 4.14. The molecule has 0 aliphatic carbocycles. The zero-order valence-corrected chi connectivity index (χ0v) is 12.4. The highest BCUT2D eigenvalue weighted by atomic mass is 79.9. The minimum absolute atomic E-state index is 0.178. The van der Waals surface area contributed by atoms with Gasteiger partial charge in [-0.3, -0.25) is 4.68 Å². The van der Waals surface area contributed by atoms with Crippen molar-refractivity contribution in [3.63, 3.8) is 0 Å². The topological polar surface area (TPSA) is 53.1 Å². The van der Waals surface area contributed by atoms with Gasteiger partial charge in [-0.25, -0.2) is 0 Å². The molecule has 0 saturated heterocycles. The van der Waals surface area contributed by atoms with Crippen LogP contribution in [0.2, 0.25) is 0 Å². The second kappa shape index (κ2) is 5.07. The van der Waals surface area contributed by atoms with Crippen molar-refractivity contribution in [3.05, 3.63) is 51.3 Å². The van der Waals surface area contributed by atoms with E-state index in [-0.39, 0.29) is 6.04 Å². The molecule has 2 N–H and O–H groups in total. The molecule has 2 aromatic rings. The fourth-order valence-electron chi connectivity index (χ4n) is 2.48. The van der Waals surface area contributed by atoms with Crippen LogP contribution >= 0.6 is 15.9 Å². The summed E-state index contributed by atoms with van der Waals surface area (Å²) >= 11 is 3.53. The molecule has 0 spiro atoms. The molecule has 1 atom stereocenters. The summed E-state index contributed by atoms with van der Waals surface area (Å²) in [5.41, 5.74) is 11.0. The van der Waals surface area contributed by atoms with E-state index in [1.54, 1.807) is 6.20 Å². The van der Waals surface area contributed by atoms with Gasteiger partial charge in [0.1, 0.15) is 0 Å². The van der Waals surface area contributed by atoms with Crippen LogP contribution in [0, 0.1) is 0 Å². The average molecular weight is 322 g/mol. The van der Waals surface area contributed by atoms with E-state index in [4.69, 9.17) is 10.5 Å². The molecule has 1 aromatic heterocycles. The molecule has 0 radical (unpaired) electrons. The maximum absolute atomic E-state index is 6.40. The molecular formula is C14H16BrN3O. The van der Waals surface area contributed by atoms with Gasteiger partial charge in [0.2, 0.25) is 0 Å². The Hall–Kier alpha value is -1.17. The van der Waals surface area contributed by atoms with Crippen LogP contribution < -0.4 is 5.73 Å². The molecule has 1 aliphatic heterocycles. The Labute approximate surface area is 120 Å². The minimum atomic E-state index is -0.178. The first kappa shape index (κ1) is 12.8. The normalized spacial score (nSPS) is 15.5. The SMILES string of the molecule is CCn1ncc(Br)c1C(N)c1ccc2c(c1)COC2. The lowest BCUT2D eigenvalue weighted by molar-refractivity contribution is 0.134. The van der Waals surface area contributed by atoms with Crippen LogP contribution in [-0.2, 0) is 24.5 Å². The van der Waals surface area contributed by atoms with E-state index in [1.807, 2.05) is 4.68 Å². The van der Waals surface area contributed by atoms with Crippen molar-refractivity contribution in [1.82, 2.24) is 9.78 Å². The highest BCUT2D eigenvalue weighted by Gasteiger charge is 2.20. The third kappa shape index (κ3) is 2.22. The van der Waals surface area contributed by atoms with Gasteiger partial charge >= 0.3 is 0 Å². The Balaban J connectivity index is 1.99. The number of hydrogen-bond donors (Lipinski definition) is 1. The minimum Gasteiger partial charge on any atom is -0.372 e. The second-order valence-electron chi connectivity index (χ2n) is 4.69. The van der Waals surface area contributed by atoms with Gasteiger partial charge in [-0.2, -0.15) is 5.10 Å². The Morgan fingerprint density at radius 3 is 3.00 bits per heavy atom. The van der Waals surface area contributed by atoms with Gasteiger partial charge in [-0.15, -0.1) is 0 Å². The van der Waals surface area contributed by atoms with E-state index in [9.17, 15) is 0 Å². The summed E-state index contributed by atoms with van der Waals surface area (Å²) in [6.45, 7) is 4.26. The summed E-state index contributed by atoms with van der Waals surface area (Å²) in [5.74, 6) is 0. The fraction of sp³-hybridized carbons (Fsp3) is 0.357. The van der Waals surface area contributed by atoms with Crippen molar-refractivity contribution < 1.29 is 4.74 Å². The number of nitrogens with zero attached hydrogens (tertiary/aromatic N) is 2. The number of halogens is 1. The molecule has 19 heavy (non-hydrogen) atoms. The number of aryl methyl sites for hydroxylation is 1. The Bertz CT molecular complexity index is 609. The van der Waals surface area contributed by atoms with Crippen molar-refractivity contribution in [1.29, 1.82) is 0 Å². The van der Waals surface area contributed by atoms with Gasteiger partial charge in [0.15, 0.2) is 0 Å². The number of nitrogens with two attached hydrogens (primary N) is 1. The van der Waals surface area contributed by atoms with Crippen LogP contribution in [-0.4, -0.2) is 9.78 Å². The number of fused-ring (bicyclic) bond motifs is 1. The molecule has 0 fully saturated rings. The maximum atomic E-state index is 6.40. The zero-order valence-electron chi connectivity index (χ0n) is 10.8. The maximum Gasteiger partial charge on any atom is 0.0738 e. The Morgan fingerprint density at radius 2 is 2.21 bits per heavy atom. The van der Waals surface area contributed by atoms with Crippen LogP contribution in [0.25, 0.3) is 0 Å². The largest absolute Gasteiger partial charge is 0.372 e. The lowest BCUT2D eigenvalue weighted by atomic mass is 9.99. The van der Waals surface area contributed by atoms with Crippen LogP contribution in [0.4, 0.5) is 0 Å². The predicted molar refractivity (Wildman–Crippen MR) is 76.6 cm³/mol. The molecule has 100 valence electrons. The molecule has 2 heterocycles. The fourth-order valence-corrected chi connectivity index (χ4v) is 3.02. The van der Waals surface area contributed by atoms with Crippen molar-refractivity contribution in [2.75, 3.05) is 0 Å². The highest BCUT2D eigenvalue weighted by molar-refractivity contribution is 9.10. The molecule has 0 saturated carbocycles. The molecule has 5 heteroatoms. The summed E-state index contributed by atoms with van der Waals surface area (Å²) in [7, 11) is 0. The average Bonchev–Trinajstić information content (AvgIpc) is 3.02. The lowest BCUT2D eigenvalue weighted by Gasteiger charge is -2.15. The van der Waals surface area contributed by atoms with Crippen LogP contribution in [0.3, 0.4) is 0 Å². The Morgan fingerprint density at radius 1 is 1.42 bits per heavy atom. The first-order chi connectivity index (χ1) is 9.20. The molecule has 0 amide bonds. The predicted octanol–water partition coefficient (Wildman–Crippen LogP) is 2.74. The molecule has 4 nitrogen and oxygen atoms in total. The van der Waals surface area contributed by atoms with E-state index in [1.165, 1.54) is 11.1 Å². The van der Waals surface area contributed by atoms with E-state index in [2.05, 4.69) is 46.2 Å². The van der Waals surface area contributed by atoms with E-state index in [0.29, 0.717) is 13.2 Å². The molecule has 1 aliphatic rings. The van der Waals surface area contributed by atoms with E-state index < -0.39 is 0 Å². The van der Waals surface area contributed by atoms with Gasteiger partial charge in [0.05, 0.1) is 35.6 Å². The highest BCUT2D eigenvalue weighted by Crippen LogP contribution is 2.29. The number of rotatable bonds is 3. The van der Waals surface area contributed by atoms with Crippen molar-refractivity contribution >= 4 is 15.9 Å². The summed E-state index contributed by atoms with van der Waals surface area (Å²) < 4.78 is 8.33. The number of benzene rings is 1. The summed E-state index contributed by atoms with van der Waals surface area (Å²) in [5, 5.41) is 4.32. The molecule has 3 rings (SSSR count). The van der Waals surface area contributed by atoms with Crippen LogP contribution in [0.1, 0.15) is 35.3 Å². The van der Waals surface area contributed by atoms with Crippen molar-refractivity contribution in [2.24, 2.45) is 5.73 Å². The number of hydrogen-bond acceptors (Lipinski definition) is 3. The van der Waals surface area contributed by atoms with Crippen LogP contribution in [0.5, 0.6) is 0 Å². The Kier molecular flexibility index (Phi) is 3.43.